The van der Waals surface area contributed by atoms with Gasteiger partial charge in [0, 0.05) is 12.8 Å². The molecule has 0 rings (SSSR count). The Bertz CT molecular complexity index is 793. The van der Waals surface area contributed by atoms with Crippen molar-refractivity contribution in [3.05, 3.63) is 0 Å². The Labute approximate surface area is 302 Å². The molecule has 0 radical (unpaired) electrons. The molecule has 0 saturated heterocycles. The van der Waals surface area contributed by atoms with E-state index in [1.807, 2.05) is 7.05 Å². The van der Waals surface area contributed by atoms with Gasteiger partial charge in [-0.15, -0.1) is 0 Å². The zero-order valence-electron chi connectivity index (χ0n) is 32.2. The van der Waals surface area contributed by atoms with Gasteiger partial charge >= 0.3 is 11.9 Å². The molecule has 0 aliphatic carbocycles. The molecule has 0 bridgehead atoms. The minimum absolute atomic E-state index is 0.0517. The molecule has 0 unspecified atom stereocenters. The van der Waals surface area contributed by atoms with Crippen molar-refractivity contribution in [2.45, 2.75) is 181 Å². The Morgan fingerprint density at radius 3 is 1.06 bits per heavy atom. The van der Waals surface area contributed by atoms with Crippen LogP contribution in [0.2, 0.25) is 0 Å². The number of ether oxygens (including phenoxy) is 2. The first-order chi connectivity index (χ1) is 23.5. The number of esters is 2. The van der Waals surface area contributed by atoms with Crippen LogP contribution in [-0.4, -0.2) is 88.1 Å². The number of unbranched alkanes of at least 4 members (excludes halogenated alkanes) is 22. The Morgan fingerprint density at radius 2 is 0.816 bits per heavy atom. The molecule has 1 N–H and O–H groups in total. The molecule has 0 amide bonds. The maximum Gasteiger partial charge on any atom is 0.305 e. The Balaban J connectivity index is 0. The van der Waals surface area contributed by atoms with Gasteiger partial charge in [0.25, 0.3) is 0 Å². The Morgan fingerprint density at radius 1 is 0.551 bits per heavy atom. The fourth-order valence-corrected chi connectivity index (χ4v) is 5.70. The molecule has 49 heavy (non-hydrogen) atoms. The lowest BCUT2D eigenvalue weighted by Crippen LogP contribution is -2.50. The van der Waals surface area contributed by atoms with Crippen molar-refractivity contribution < 1.29 is 45.8 Å². The van der Waals surface area contributed by atoms with Crippen LogP contribution >= 0.6 is 0 Å². The van der Waals surface area contributed by atoms with E-state index in [-0.39, 0.29) is 18.5 Å². The highest BCUT2D eigenvalue weighted by molar-refractivity contribution is 7.80. The normalized spacial score (nSPS) is 11.6. The van der Waals surface area contributed by atoms with Crippen molar-refractivity contribution in [2.75, 3.05) is 53.6 Å². The zero-order chi connectivity index (χ0) is 36.9. The van der Waals surface area contributed by atoms with E-state index >= 15 is 0 Å². The molecule has 0 saturated carbocycles. The van der Waals surface area contributed by atoms with Gasteiger partial charge in [0.15, 0.2) is 0 Å². The summed E-state index contributed by atoms with van der Waals surface area (Å²) in [5.74, 6) is -0.257. The van der Waals surface area contributed by atoms with Crippen LogP contribution in [0.5, 0.6) is 0 Å². The van der Waals surface area contributed by atoms with E-state index in [0.717, 1.165) is 32.8 Å². The molecule has 0 spiro atoms. The molecular weight excluding hydrogens is 646 g/mol. The summed E-state index contributed by atoms with van der Waals surface area (Å²) < 4.78 is 42.5. The number of aliphatic hydroxyl groups excluding tert-OH is 1. The molecule has 0 aromatic rings. The maximum atomic E-state index is 12.2. The van der Waals surface area contributed by atoms with Gasteiger partial charge in [-0.3, -0.25) is 13.8 Å². The van der Waals surface area contributed by atoms with Gasteiger partial charge in [0.2, 0.25) is 10.4 Å². The first-order valence-corrected chi connectivity index (χ1v) is 21.1. The van der Waals surface area contributed by atoms with Gasteiger partial charge in [-0.2, -0.15) is 0 Å². The lowest BCUT2D eigenvalue weighted by Gasteiger charge is -2.33. The number of hydrogen-bond acceptors (Lipinski definition) is 9. The Hall–Kier alpha value is -1.27. The quantitative estimate of drug-likeness (QED) is 0.0223. The average Bonchev–Trinajstić information content (AvgIpc) is 3.06. The largest absolute Gasteiger partial charge is 0.726 e. The summed E-state index contributed by atoms with van der Waals surface area (Å²) in [5.41, 5.74) is 0. The minimum Gasteiger partial charge on any atom is -0.726 e. The fraction of sp³-hybridized carbons (Fsp3) is 0.947. The molecule has 10 nitrogen and oxygen atoms in total. The first-order valence-electron chi connectivity index (χ1n) is 19.8. The summed E-state index contributed by atoms with van der Waals surface area (Å²) in [5, 5.41) is 9.54. The molecule has 0 atom stereocenters. The number of likely N-dealkylation sites (N-methyl/N-ethyl adjacent to an activating group) is 1. The van der Waals surface area contributed by atoms with Crippen molar-refractivity contribution in [1.29, 1.82) is 0 Å². The minimum atomic E-state index is -4.41. The van der Waals surface area contributed by atoms with Crippen molar-refractivity contribution in [3.63, 3.8) is 0 Å². The summed E-state index contributed by atoms with van der Waals surface area (Å²) in [6.07, 6.45) is 31.6. The maximum absolute atomic E-state index is 12.2. The van der Waals surface area contributed by atoms with Crippen LogP contribution in [0.4, 0.5) is 0 Å². The highest BCUT2D eigenvalue weighted by Gasteiger charge is 2.22. The number of nitrogens with zero attached hydrogens (tertiary/aromatic N) is 1. The van der Waals surface area contributed by atoms with Crippen LogP contribution in [0.15, 0.2) is 0 Å². The third-order valence-electron chi connectivity index (χ3n) is 9.10. The van der Waals surface area contributed by atoms with Crippen LogP contribution in [0.25, 0.3) is 0 Å². The van der Waals surface area contributed by atoms with Crippen molar-refractivity contribution in [2.24, 2.45) is 0 Å². The van der Waals surface area contributed by atoms with E-state index in [1.54, 1.807) is 0 Å². The summed E-state index contributed by atoms with van der Waals surface area (Å²) >= 11 is 0. The van der Waals surface area contributed by atoms with Crippen LogP contribution in [0.1, 0.15) is 181 Å². The second-order valence-corrected chi connectivity index (χ2v) is 15.0. The molecule has 11 heteroatoms. The highest BCUT2D eigenvalue weighted by atomic mass is 32.3. The topological polar surface area (TPSA) is 139 Å². The number of carbonyl (C=O) groups excluding carboxylic acids is 2. The van der Waals surface area contributed by atoms with Crippen LogP contribution in [0.3, 0.4) is 0 Å². The zero-order valence-corrected chi connectivity index (χ0v) is 33.0. The number of aliphatic hydroxyl groups is 1. The van der Waals surface area contributed by atoms with Crippen LogP contribution in [-0.2, 0) is 33.6 Å². The van der Waals surface area contributed by atoms with E-state index in [0.29, 0.717) is 50.2 Å². The van der Waals surface area contributed by atoms with Crippen molar-refractivity contribution >= 4 is 22.3 Å². The van der Waals surface area contributed by atoms with Crippen LogP contribution in [0, 0.1) is 0 Å². The van der Waals surface area contributed by atoms with Crippen LogP contribution < -0.4 is 0 Å². The molecular formula is C38H77NO9S. The van der Waals surface area contributed by atoms with Gasteiger partial charge < -0.3 is 23.6 Å². The van der Waals surface area contributed by atoms with E-state index in [2.05, 4.69) is 18.0 Å². The predicted molar refractivity (Wildman–Crippen MR) is 198 cm³/mol. The third-order valence-corrected chi connectivity index (χ3v) is 9.51. The standard InChI is InChI=1S/C37H74NO5.CH4O4S/c1-4-6-8-10-12-14-16-18-20-22-24-26-28-36(40)42-34-31-38(3,30-33-39)32-35-43-37(41)29-27-25-23-21-19-17-15-13-11-9-7-5-2;1-5-6(2,3)4/h39H,4-35H2,1-3H3;1H3,(H,2,3,4)/q+1;/p-1. The summed E-state index contributed by atoms with van der Waals surface area (Å²) in [4.78, 5) is 24.4. The second-order valence-electron chi connectivity index (χ2n) is 13.8. The van der Waals surface area contributed by atoms with Gasteiger partial charge in [0.05, 0.1) is 20.8 Å². The predicted octanol–water partition coefficient (Wildman–Crippen LogP) is 8.79. The molecule has 0 aromatic carbocycles. The Kier molecular flexibility index (Phi) is 37.1. The highest BCUT2D eigenvalue weighted by Crippen LogP contribution is 2.14. The summed E-state index contributed by atoms with van der Waals surface area (Å²) in [6, 6.07) is 0. The number of quaternary nitrogens is 1. The molecule has 0 heterocycles. The number of carbonyl (C=O) groups is 2. The first kappa shape index (κ1) is 49.8. The number of hydrogen-bond donors (Lipinski definition) is 1. The molecule has 0 aliphatic heterocycles. The summed E-state index contributed by atoms with van der Waals surface area (Å²) in [6.45, 7) is 7.01. The summed E-state index contributed by atoms with van der Waals surface area (Å²) in [7, 11) is -1.58. The monoisotopic (exact) mass is 724 g/mol. The van der Waals surface area contributed by atoms with E-state index < -0.39 is 10.4 Å². The molecule has 294 valence electrons. The fourth-order valence-electron chi connectivity index (χ4n) is 5.70. The lowest BCUT2D eigenvalue weighted by molar-refractivity contribution is -0.910. The number of rotatable bonds is 35. The van der Waals surface area contributed by atoms with Crippen molar-refractivity contribution in [1.82, 2.24) is 0 Å². The van der Waals surface area contributed by atoms with E-state index in [9.17, 15) is 27.7 Å². The smallest absolute Gasteiger partial charge is 0.305 e. The van der Waals surface area contributed by atoms with Gasteiger partial charge in [-0.05, 0) is 12.8 Å². The molecule has 0 fully saturated rings. The van der Waals surface area contributed by atoms with Gasteiger partial charge in [0.1, 0.15) is 32.8 Å². The average molecular weight is 724 g/mol. The second kappa shape index (κ2) is 36.5. The third kappa shape index (κ3) is 41.0. The van der Waals surface area contributed by atoms with Gasteiger partial charge in [-0.25, -0.2) is 8.42 Å². The SMILES string of the molecule is CCCCCCCCCCCCCCC(=O)OCC[N+](C)(CCO)CCOC(=O)CCCCCCCCCCCCCC.COS(=O)(=O)[O-]. The molecule has 0 aromatic heterocycles. The van der Waals surface area contributed by atoms with Crippen molar-refractivity contribution in [3.8, 4) is 0 Å². The molecule has 0 aliphatic rings. The van der Waals surface area contributed by atoms with Gasteiger partial charge in [-0.1, -0.05) is 155 Å². The van der Waals surface area contributed by atoms with E-state index in [4.69, 9.17) is 9.47 Å². The lowest BCUT2D eigenvalue weighted by atomic mass is 10.0. The van der Waals surface area contributed by atoms with E-state index in [1.165, 1.54) is 128 Å².